The second-order valence-corrected chi connectivity index (χ2v) is 13.2. The SMILES string of the molecule is O=C(Nc1ccc(S(=O)(=O)N2CCOCC2)cc1)[C@@H]1CCCN(S(=O)(=O)CCCc2ccccc2)C1. The summed E-state index contributed by atoms with van der Waals surface area (Å²) < 4.78 is 59.4. The predicted molar refractivity (Wildman–Crippen MR) is 137 cm³/mol. The van der Waals surface area contributed by atoms with Gasteiger partial charge in [0.1, 0.15) is 0 Å². The van der Waals surface area contributed by atoms with Crippen LogP contribution in [-0.4, -0.2) is 76.5 Å². The van der Waals surface area contributed by atoms with Gasteiger partial charge >= 0.3 is 0 Å². The molecule has 2 aromatic rings. The normalized spacial score (nSPS) is 20.2. The van der Waals surface area contributed by atoms with E-state index in [2.05, 4.69) is 5.32 Å². The molecule has 4 rings (SSSR count). The highest BCUT2D eigenvalue weighted by molar-refractivity contribution is 7.89. The molecular formula is C25H33N3O6S2. The van der Waals surface area contributed by atoms with Crippen molar-refractivity contribution in [2.75, 3.05) is 50.5 Å². The van der Waals surface area contributed by atoms with Crippen molar-refractivity contribution < 1.29 is 26.4 Å². The largest absolute Gasteiger partial charge is 0.379 e. The predicted octanol–water partition coefficient (Wildman–Crippen LogP) is 2.32. The number of carbonyl (C=O) groups is 1. The third kappa shape index (κ3) is 6.71. The molecule has 2 aliphatic heterocycles. The monoisotopic (exact) mass is 535 g/mol. The summed E-state index contributed by atoms with van der Waals surface area (Å²) in [4.78, 5) is 13.1. The maximum atomic E-state index is 12.9. The highest BCUT2D eigenvalue weighted by Gasteiger charge is 2.32. The van der Waals surface area contributed by atoms with E-state index in [1.165, 1.54) is 20.7 Å². The molecule has 0 aliphatic carbocycles. The van der Waals surface area contributed by atoms with Crippen molar-refractivity contribution >= 4 is 31.6 Å². The van der Waals surface area contributed by atoms with Crippen LogP contribution in [-0.2, 0) is 36.0 Å². The van der Waals surface area contributed by atoms with Crippen molar-refractivity contribution in [1.82, 2.24) is 8.61 Å². The van der Waals surface area contributed by atoms with E-state index >= 15 is 0 Å². The summed E-state index contributed by atoms with van der Waals surface area (Å²) in [6.45, 7) is 1.94. The molecule has 2 aromatic carbocycles. The van der Waals surface area contributed by atoms with Gasteiger partial charge in [-0.2, -0.15) is 4.31 Å². The van der Waals surface area contributed by atoms with Gasteiger partial charge in [0, 0.05) is 31.9 Å². The molecule has 0 saturated carbocycles. The molecule has 2 fully saturated rings. The zero-order valence-electron chi connectivity index (χ0n) is 20.2. The van der Waals surface area contributed by atoms with Crippen molar-refractivity contribution in [2.24, 2.45) is 5.92 Å². The number of sulfonamides is 2. The number of carbonyl (C=O) groups excluding carboxylic acids is 1. The van der Waals surface area contributed by atoms with Gasteiger partial charge in [-0.15, -0.1) is 0 Å². The van der Waals surface area contributed by atoms with Gasteiger partial charge in [0.15, 0.2) is 0 Å². The number of hydrogen-bond acceptors (Lipinski definition) is 6. The Bertz CT molecular complexity index is 1230. The van der Waals surface area contributed by atoms with Gasteiger partial charge in [-0.1, -0.05) is 30.3 Å². The molecular weight excluding hydrogens is 502 g/mol. The third-order valence-corrected chi connectivity index (χ3v) is 10.4. The van der Waals surface area contributed by atoms with E-state index in [0.29, 0.717) is 64.2 Å². The van der Waals surface area contributed by atoms with Gasteiger partial charge in [-0.3, -0.25) is 4.79 Å². The summed E-state index contributed by atoms with van der Waals surface area (Å²) in [7, 11) is -7.06. The van der Waals surface area contributed by atoms with E-state index < -0.39 is 26.0 Å². The fraction of sp³-hybridized carbons (Fsp3) is 0.480. The lowest BCUT2D eigenvalue weighted by Gasteiger charge is -2.31. The highest BCUT2D eigenvalue weighted by atomic mass is 32.2. The third-order valence-electron chi connectivity index (χ3n) is 6.59. The van der Waals surface area contributed by atoms with Gasteiger partial charge in [-0.25, -0.2) is 21.1 Å². The maximum Gasteiger partial charge on any atom is 0.243 e. The van der Waals surface area contributed by atoms with Crippen molar-refractivity contribution in [3.63, 3.8) is 0 Å². The standard InChI is InChI=1S/C25H33N3O6S2/c29-25(26-23-10-12-24(13-11-23)36(32,33)27-15-17-34-18-16-27)22-9-4-14-28(20-22)35(30,31)19-5-8-21-6-2-1-3-7-21/h1-3,6-7,10-13,22H,4-5,8-9,14-20H2,(H,26,29)/t22-/m1/s1. The quantitative estimate of drug-likeness (QED) is 0.527. The summed E-state index contributed by atoms with van der Waals surface area (Å²) in [5.41, 5.74) is 1.58. The molecule has 2 saturated heterocycles. The Morgan fingerprint density at radius 3 is 2.31 bits per heavy atom. The van der Waals surface area contributed by atoms with Gasteiger partial charge in [0.05, 0.1) is 29.8 Å². The zero-order valence-corrected chi connectivity index (χ0v) is 21.8. The second-order valence-electron chi connectivity index (χ2n) is 9.13. The van der Waals surface area contributed by atoms with Gasteiger partial charge in [-0.05, 0) is 55.5 Å². The second kappa shape index (κ2) is 11.8. The fourth-order valence-electron chi connectivity index (χ4n) is 4.53. The van der Waals surface area contributed by atoms with Crippen LogP contribution in [0.5, 0.6) is 0 Å². The van der Waals surface area contributed by atoms with E-state index in [-0.39, 0.29) is 23.1 Å². The lowest BCUT2D eigenvalue weighted by atomic mass is 9.99. The molecule has 2 aliphatic rings. The molecule has 196 valence electrons. The number of amides is 1. The molecule has 0 aromatic heterocycles. The van der Waals surface area contributed by atoms with Crippen molar-refractivity contribution in [2.45, 2.75) is 30.6 Å². The lowest BCUT2D eigenvalue weighted by Crippen LogP contribution is -2.44. The molecule has 0 unspecified atom stereocenters. The minimum absolute atomic E-state index is 0.0509. The first-order chi connectivity index (χ1) is 17.3. The van der Waals surface area contributed by atoms with Crippen LogP contribution in [0.2, 0.25) is 0 Å². The molecule has 11 heteroatoms. The average molecular weight is 536 g/mol. The zero-order chi connectivity index (χ0) is 25.6. The summed E-state index contributed by atoms with van der Waals surface area (Å²) in [6.07, 6.45) is 2.44. The summed E-state index contributed by atoms with van der Waals surface area (Å²) in [5, 5.41) is 2.82. The van der Waals surface area contributed by atoms with Gasteiger partial charge in [0.2, 0.25) is 26.0 Å². The fourth-order valence-corrected chi connectivity index (χ4v) is 7.52. The molecule has 1 amide bonds. The van der Waals surface area contributed by atoms with Crippen molar-refractivity contribution in [3.8, 4) is 0 Å². The van der Waals surface area contributed by atoms with Crippen LogP contribution in [0.15, 0.2) is 59.5 Å². The van der Waals surface area contributed by atoms with E-state index in [1.807, 2.05) is 30.3 Å². The number of aryl methyl sites for hydroxylation is 1. The minimum Gasteiger partial charge on any atom is -0.379 e. The molecule has 2 heterocycles. The summed E-state index contributed by atoms with van der Waals surface area (Å²) >= 11 is 0. The van der Waals surface area contributed by atoms with Crippen molar-refractivity contribution in [1.29, 1.82) is 0 Å². The van der Waals surface area contributed by atoms with Gasteiger partial charge in [0.25, 0.3) is 0 Å². The number of piperidine rings is 1. The van der Waals surface area contributed by atoms with Crippen LogP contribution in [0.3, 0.4) is 0 Å². The topological polar surface area (TPSA) is 113 Å². The average Bonchev–Trinajstić information content (AvgIpc) is 2.90. The number of morpholine rings is 1. The van der Waals surface area contributed by atoms with E-state index in [4.69, 9.17) is 4.74 Å². The number of ether oxygens (including phenoxy) is 1. The number of rotatable bonds is 9. The smallest absolute Gasteiger partial charge is 0.243 e. The Labute approximate surface area is 213 Å². The summed E-state index contributed by atoms with van der Waals surface area (Å²) in [6, 6.07) is 15.9. The van der Waals surface area contributed by atoms with E-state index in [1.54, 1.807) is 12.1 Å². The molecule has 9 nitrogen and oxygen atoms in total. The lowest BCUT2D eigenvalue weighted by molar-refractivity contribution is -0.120. The molecule has 1 atom stereocenters. The first-order valence-corrected chi connectivity index (χ1v) is 15.3. The Balaban J connectivity index is 1.31. The number of nitrogens with zero attached hydrogens (tertiary/aromatic N) is 2. The van der Waals surface area contributed by atoms with Crippen LogP contribution in [0.25, 0.3) is 0 Å². The Kier molecular flexibility index (Phi) is 8.78. The Morgan fingerprint density at radius 2 is 1.61 bits per heavy atom. The first-order valence-electron chi connectivity index (χ1n) is 12.3. The Hall–Kier alpha value is -2.31. The van der Waals surface area contributed by atoms with E-state index in [9.17, 15) is 21.6 Å². The van der Waals surface area contributed by atoms with Crippen molar-refractivity contribution in [3.05, 3.63) is 60.2 Å². The number of benzene rings is 2. The van der Waals surface area contributed by atoms with Crippen LogP contribution in [0.4, 0.5) is 5.69 Å². The van der Waals surface area contributed by atoms with Crippen LogP contribution in [0, 0.1) is 5.92 Å². The molecule has 0 bridgehead atoms. The van der Waals surface area contributed by atoms with Gasteiger partial charge < -0.3 is 10.1 Å². The van der Waals surface area contributed by atoms with Crippen LogP contribution in [0.1, 0.15) is 24.8 Å². The summed E-state index contributed by atoms with van der Waals surface area (Å²) in [5.74, 6) is -0.669. The minimum atomic E-state index is -3.61. The Morgan fingerprint density at radius 1 is 0.917 bits per heavy atom. The number of hydrogen-bond donors (Lipinski definition) is 1. The van der Waals surface area contributed by atoms with Crippen LogP contribution >= 0.6 is 0 Å². The number of nitrogens with one attached hydrogen (secondary N) is 1. The molecule has 0 radical (unpaired) electrons. The molecule has 0 spiro atoms. The maximum absolute atomic E-state index is 12.9. The first kappa shape index (κ1) is 26.7. The molecule has 1 N–H and O–H groups in total. The molecule has 36 heavy (non-hydrogen) atoms. The highest BCUT2D eigenvalue weighted by Crippen LogP contribution is 2.23. The number of anilines is 1. The van der Waals surface area contributed by atoms with E-state index in [0.717, 1.165) is 5.56 Å². The van der Waals surface area contributed by atoms with Crippen LogP contribution < -0.4 is 5.32 Å².